The molecule has 5 aromatic rings. The first kappa shape index (κ1) is 38.9. The summed E-state index contributed by atoms with van der Waals surface area (Å²) in [6, 6.07) is 30.2. The number of carbonyl (C=O) groups is 2. The van der Waals surface area contributed by atoms with Crippen LogP contribution in [-0.4, -0.2) is 37.0 Å². The summed E-state index contributed by atoms with van der Waals surface area (Å²) < 4.78 is 109. The summed E-state index contributed by atoms with van der Waals surface area (Å²) in [5.74, 6) is -1.80. The minimum atomic E-state index is -4.45. The molecule has 6 nitrogen and oxygen atoms in total. The molecule has 0 aliphatic heterocycles. The lowest BCUT2D eigenvalue weighted by Crippen LogP contribution is -2.28. The van der Waals surface area contributed by atoms with Crippen LogP contribution in [0.4, 0.5) is 26.3 Å². The second-order valence-electron chi connectivity index (χ2n) is 12.5. The Kier molecular flexibility index (Phi) is 11.9. The first-order valence-electron chi connectivity index (χ1n) is 16.3. The van der Waals surface area contributed by atoms with Gasteiger partial charge in [-0.05, 0) is 88.2 Å². The Balaban J connectivity index is 1.32. The normalized spacial score (nSPS) is 12.7. The maximum atomic E-state index is 13.9. The number of carbonyl (C=O) groups excluding carboxylic acids is 2. The van der Waals surface area contributed by atoms with Gasteiger partial charge in [0, 0.05) is 24.4 Å². The van der Waals surface area contributed by atoms with E-state index in [0.29, 0.717) is 40.7 Å². The van der Waals surface area contributed by atoms with Crippen LogP contribution in [0.2, 0.25) is 0 Å². The molecule has 1 amide bonds. The van der Waals surface area contributed by atoms with Gasteiger partial charge in [-0.25, -0.2) is 0 Å². The number of hydrogen-bond donors (Lipinski definition) is 2. The van der Waals surface area contributed by atoms with Gasteiger partial charge in [0.25, 0.3) is 16.0 Å². The van der Waals surface area contributed by atoms with Crippen LogP contribution in [0.15, 0.2) is 121 Å². The molecule has 0 aliphatic rings. The number of rotatable bonds is 13. The second-order valence-corrected chi connectivity index (χ2v) is 14.1. The van der Waals surface area contributed by atoms with E-state index in [9.17, 15) is 44.3 Å². The highest BCUT2D eigenvalue weighted by molar-refractivity contribution is 7.85. The molecule has 0 spiro atoms. The van der Waals surface area contributed by atoms with Gasteiger partial charge in [-0.3, -0.25) is 14.1 Å². The fourth-order valence-electron chi connectivity index (χ4n) is 5.75. The Hall–Kier alpha value is -5.27. The zero-order chi connectivity index (χ0) is 38.4. The van der Waals surface area contributed by atoms with E-state index in [1.54, 1.807) is 60.7 Å². The topological polar surface area (TPSA) is 101 Å². The van der Waals surface area contributed by atoms with E-state index in [0.717, 1.165) is 35.4 Å². The van der Waals surface area contributed by atoms with Crippen LogP contribution >= 0.6 is 0 Å². The number of hydrogen-bond acceptors (Lipinski definition) is 4. The summed E-state index contributed by atoms with van der Waals surface area (Å²) in [7, 11) is -4.24. The molecular weight excluding hydrogens is 720 g/mol. The van der Waals surface area contributed by atoms with Gasteiger partial charge in [0.2, 0.25) is 0 Å². The van der Waals surface area contributed by atoms with Crippen LogP contribution in [0.5, 0.6) is 0 Å². The molecule has 1 unspecified atom stereocenters. The zero-order valence-corrected chi connectivity index (χ0v) is 28.7. The molecule has 0 radical (unpaired) electrons. The standard InChI is InChI=1S/C40H33F6NO5S/c41-39(42,43)35-17-13-31(14-18-35)29-7-1-26(2-8-29)23-34(24-27-5-11-33(12-6-27)38(49)47-21-22-53(50,51)52)37(48)25-28-3-9-30(10-4-28)32-15-19-36(20-16-32)40(44,45)46/h1-20,34H,21-25H2,(H,47,49)(H,50,51,52). The van der Waals surface area contributed by atoms with E-state index >= 15 is 0 Å². The second kappa shape index (κ2) is 16.2. The molecule has 0 bridgehead atoms. The van der Waals surface area contributed by atoms with Crippen LogP contribution in [-0.2, 0) is 46.5 Å². The van der Waals surface area contributed by atoms with Crippen LogP contribution in [0, 0.1) is 5.92 Å². The van der Waals surface area contributed by atoms with Crippen molar-refractivity contribution in [3.05, 3.63) is 155 Å². The van der Waals surface area contributed by atoms with Gasteiger partial charge in [-0.1, -0.05) is 84.9 Å². The van der Waals surface area contributed by atoms with Gasteiger partial charge in [0.05, 0.1) is 16.9 Å². The number of benzene rings is 5. The van der Waals surface area contributed by atoms with Crippen molar-refractivity contribution in [3.63, 3.8) is 0 Å². The molecule has 2 N–H and O–H groups in total. The average molecular weight is 754 g/mol. The lowest BCUT2D eigenvalue weighted by Gasteiger charge is -2.17. The van der Waals surface area contributed by atoms with Crippen LogP contribution < -0.4 is 5.32 Å². The van der Waals surface area contributed by atoms with Gasteiger partial charge >= 0.3 is 12.4 Å². The monoisotopic (exact) mass is 753 g/mol. The lowest BCUT2D eigenvalue weighted by molar-refractivity contribution is -0.138. The van der Waals surface area contributed by atoms with Gasteiger partial charge in [0.15, 0.2) is 0 Å². The molecule has 13 heteroatoms. The predicted octanol–water partition coefficient (Wildman–Crippen LogP) is 8.89. The highest BCUT2D eigenvalue weighted by Crippen LogP contribution is 2.32. The molecule has 1 atom stereocenters. The molecule has 0 saturated carbocycles. The van der Waals surface area contributed by atoms with Crippen molar-refractivity contribution in [1.82, 2.24) is 5.32 Å². The first-order chi connectivity index (χ1) is 24.9. The minimum absolute atomic E-state index is 0.0653. The highest BCUT2D eigenvalue weighted by Gasteiger charge is 2.31. The fourth-order valence-corrected chi connectivity index (χ4v) is 6.11. The van der Waals surface area contributed by atoms with E-state index in [1.165, 1.54) is 24.3 Å². The van der Waals surface area contributed by atoms with E-state index < -0.39 is 51.2 Å². The van der Waals surface area contributed by atoms with Crippen molar-refractivity contribution in [2.45, 2.75) is 31.6 Å². The third-order valence-electron chi connectivity index (χ3n) is 8.66. The summed E-state index contributed by atoms with van der Waals surface area (Å²) in [6.07, 6.45) is -8.20. The van der Waals surface area contributed by atoms with Crippen molar-refractivity contribution in [1.29, 1.82) is 0 Å². The number of Topliss-reactive ketones (excluding diaryl/α,β-unsaturated/α-hetero) is 1. The molecule has 0 heterocycles. The van der Waals surface area contributed by atoms with E-state index in [4.69, 9.17) is 4.55 Å². The largest absolute Gasteiger partial charge is 0.416 e. The number of halogens is 6. The van der Waals surface area contributed by atoms with Crippen molar-refractivity contribution >= 4 is 21.8 Å². The minimum Gasteiger partial charge on any atom is -0.351 e. The summed E-state index contributed by atoms with van der Waals surface area (Å²) in [6.45, 7) is -0.279. The third-order valence-corrected chi connectivity index (χ3v) is 9.38. The van der Waals surface area contributed by atoms with Gasteiger partial charge in [0.1, 0.15) is 5.78 Å². The third kappa shape index (κ3) is 11.1. The maximum absolute atomic E-state index is 13.9. The summed E-state index contributed by atoms with van der Waals surface area (Å²) in [5, 5.41) is 2.41. The number of alkyl halides is 6. The average Bonchev–Trinajstić information content (AvgIpc) is 3.11. The van der Waals surface area contributed by atoms with Crippen molar-refractivity contribution in [3.8, 4) is 22.3 Å². The van der Waals surface area contributed by atoms with Crippen LogP contribution in [0.1, 0.15) is 38.2 Å². The first-order valence-corrected chi connectivity index (χ1v) is 17.9. The fraction of sp³-hybridized carbons (Fsp3) is 0.200. The molecular formula is C40H33F6NO5S. The van der Waals surface area contributed by atoms with E-state index in [-0.39, 0.29) is 24.3 Å². The molecule has 0 saturated heterocycles. The summed E-state index contributed by atoms with van der Waals surface area (Å²) in [4.78, 5) is 26.3. The maximum Gasteiger partial charge on any atom is 0.416 e. The van der Waals surface area contributed by atoms with Crippen molar-refractivity contribution in [2.24, 2.45) is 5.92 Å². The molecule has 0 aromatic heterocycles. The Labute approximate surface area is 302 Å². The molecule has 0 aliphatic carbocycles. The Morgan fingerprint density at radius 2 is 0.925 bits per heavy atom. The SMILES string of the molecule is O=C(NCCS(=O)(=O)O)c1ccc(CC(Cc2ccc(-c3ccc(C(F)(F)F)cc3)cc2)C(=O)Cc2ccc(-c3ccc(C(F)(F)F)cc3)cc2)cc1. The Bertz CT molecular complexity index is 2130. The molecule has 5 rings (SSSR count). The lowest BCUT2D eigenvalue weighted by atomic mass is 9.86. The number of ketones is 1. The van der Waals surface area contributed by atoms with Gasteiger partial charge in [-0.15, -0.1) is 0 Å². The summed E-state index contributed by atoms with van der Waals surface area (Å²) >= 11 is 0. The number of nitrogens with one attached hydrogen (secondary N) is 1. The van der Waals surface area contributed by atoms with Crippen LogP contribution in [0.3, 0.4) is 0 Å². The Morgan fingerprint density at radius 1 is 0.566 bits per heavy atom. The van der Waals surface area contributed by atoms with Gasteiger partial charge < -0.3 is 5.32 Å². The predicted molar refractivity (Wildman–Crippen MR) is 189 cm³/mol. The van der Waals surface area contributed by atoms with E-state index in [2.05, 4.69) is 5.32 Å². The molecule has 0 fully saturated rings. The van der Waals surface area contributed by atoms with Crippen molar-refractivity contribution < 1.29 is 48.9 Å². The highest BCUT2D eigenvalue weighted by atomic mass is 32.2. The molecule has 276 valence electrons. The quantitative estimate of drug-likeness (QED) is 0.0925. The van der Waals surface area contributed by atoms with Crippen molar-refractivity contribution in [2.75, 3.05) is 12.3 Å². The van der Waals surface area contributed by atoms with E-state index in [1.807, 2.05) is 12.1 Å². The molecule has 53 heavy (non-hydrogen) atoms. The zero-order valence-electron chi connectivity index (χ0n) is 27.9. The summed E-state index contributed by atoms with van der Waals surface area (Å²) in [5.41, 5.74) is 3.57. The van der Waals surface area contributed by atoms with Crippen LogP contribution in [0.25, 0.3) is 22.3 Å². The Morgan fingerprint density at radius 3 is 1.30 bits per heavy atom. The number of amides is 1. The van der Waals surface area contributed by atoms with Gasteiger partial charge in [-0.2, -0.15) is 34.8 Å². The molecule has 5 aromatic carbocycles. The smallest absolute Gasteiger partial charge is 0.351 e.